The van der Waals surface area contributed by atoms with Gasteiger partial charge in [-0.05, 0) is 54.8 Å². The number of carbonyl (C=O) groups is 1. The molecule has 0 saturated heterocycles. The van der Waals surface area contributed by atoms with E-state index in [0.29, 0.717) is 17.5 Å². The van der Waals surface area contributed by atoms with Crippen molar-refractivity contribution in [1.29, 1.82) is 0 Å². The second-order valence-electron chi connectivity index (χ2n) is 6.01. The second-order valence-corrected chi connectivity index (χ2v) is 6.01. The number of hydrogen-bond acceptors (Lipinski definition) is 6. The number of rotatable bonds is 6. The highest BCUT2D eigenvalue weighted by atomic mass is 16.5. The summed E-state index contributed by atoms with van der Waals surface area (Å²) in [6.45, 7) is 3.70. The van der Waals surface area contributed by atoms with Crippen molar-refractivity contribution in [3.63, 3.8) is 0 Å². The van der Waals surface area contributed by atoms with E-state index in [4.69, 9.17) is 4.74 Å². The molecule has 0 radical (unpaired) electrons. The van der Waals surface area contributed by atoms with Gasteiger partial charge in [-0.1, -0.05) is 25.1 Å². The topological polar surface area (TPSA) is 107 Å². The minimum absolute atomic E-state index is 0.197. The Balaban J connectivity index is 2.32. The Kier molecular flexibility index (Phi) is 6.49. The number of benzene rings is 2. The summed E-state index contributed by atoms with van der Waals surface area (Å²) in [6.07, 6.45) is 6.35. The van der Waals surface area contributed by atoms with Crippen LogP contribution >= 0.6 is 0 Å². The Morgan fingerprint density at radius 2 is 1.70 bits per heavy atom. The first-order valence-corrected chi connectivity index (χ1v) is 8.45. The van der Waals surface area contributed by atoms with Crippen molar-refractivity contribution in [3.05, 3.63) is 53.1 Å². The molecule has 0 aromatic heterocycles. The molecule has 0 bridgehead atoms. The highest BCUT2D eigenvalue weighted by molar-refractivity contribution is 5.89. The highest BCUT2D eigenvalue weighted by Gasteiger charge is 2.10. The van der Waals surface area contributed by atoms with Crippen LogP contribution in [0, 0.1) is 0 Å². The molecule has 6 heteroatoms. The van der Waals surface area contributed by atoms with E-state index in [1.807, 2.05) is 6.92 Å². The highest BCUT2D eigenvalue weighted by Crippen LogP contribution is 2.34. The Morgan fingerprint density at radius 1 is 1.00 bits per heavy atom. The van der Waals surface area contributed by atoms with Crippen molar-refractivity contribution in [2.24, 2.45) is 0 Å². The van der Waals surface area contributed by atoms with Crippen LogP contribution in [0.3, 0.4) is 0 Å². The molecule has 2 aromatic rings. The van der Waals surface area contributed by atoms with Gasteiger partial charge in [0.15, 0.2) is 23.0 Å². The fourth-order valence-corrected chi connectivity index (χ4v) is 2.24. The van der Waals surface area contributed by atoms with Crippen LogP contribution in [-0.2, 0) is 9.53 Å². The molecule has 1 atom stereocenters. The van der Waals surface area contributed by atoms with Gasteiger partial charge in [0.25, 0.3) is 0 Å². The summed E-state index contributed by atoms with van der Waals surface area (Å²) in [6, 6.07) is 7.13. The molecule has 0 aliphatic heterocycles. The van der Waals surface area contributed by atoms with E-state index in [9.17, 15) is 25.2 Å². The molecule has 2 aromatic carbocycles. The van der Waals surface area contributed by atoms with Gasteiger partial charge in [0.2, 0.25) is 0 Å². The summed E-state index contributed by atoms with van der Waals surface area (Å²) in [7, 11) is 0. The van der Waals surface area contributed by atoms with Gasteiger partial charge >= 0.3 is 5.97 Å². The van der Waals surface area contributed by atoms with E-state index in [2.05, 4.69) is 0 Å². The van der Waals surface area contributed by atoms with E-state index in [1.165, 1.54) is 36.4 Å². The molecule has 4 N–H and O–H groups in total. The first-order chi connectivity index (χ1) is 12.8. The van der Waals surface area contributed by atoms with Gasteiger partial charge in [-0.15, -0.1) is 0 Å². The summed E-state index contributed by atoms with van der Waals surface area (Å²) >= 11 is 0. The standard InChI is InChI=1S/C21H22O6/c1-3-13(2)27-20(25)11-7-15-6-10-18(23)21(26)16(15)8-4-14-5-9-17(22)19(24)12-14/h4-13,22-24,26H,3H2,1-2H3/b8-4+,11-7+. The third kappa shape index (κ3) is 5.28. The van der Waals surface area contributed by atoms with Crippen molar-refractivity contribution in [2.45, 2.75) is 26.4 Å². The molecule has 1 unspecified atom stereocenters. The zero-order chi connectivity index (χ0) is 20.0. The second kappa shape index (κ2) is 8.80. The Labute approximate surface area is 157 Å². The smallest absolute Gasteiger partial charge is 0.331 e. The number of aromatic hydroxyl groups is 4. The van der Waals surface area contributed by atoms with E-state index < -0.39 is 5.97 Å². The van der Waals surface area contributed by atoms with E-state index in [0.717, 1.165) is 0 Å². The van der Waals surface area contributed by atoms with Gasteiger partial charge in [-0.2, -0.15) is 0 Å². The quantitative estimate of drug-likeness (QED) is 0.265. The minimum Gasteiger partial charge on any atom is -0.504 e. The van der Waals surface area contributed by atoms with Crippen LogP contribution in [0.25, 0.3) is 18.2 Å². The first-order valence-electron chi connectivity index (χ1n) is 8.45. The molecule has 27 heavy (non-hydrogen) atoms. The van der Waals surface area contributed by atoms with Crippen LogP contribution in [0.1, 0.15) is 37.0 Å². The molecule has 6 nitrogen and oxygen atoms in total. The maximum Gasteiger partial charge on any atom is 0.331 e. The van der Waals surface area contributed by atoms with Gasteiger partial charge in [0, 0.05) is 11.6 Å². The normalized spacial score (nSPS) is 12.5. The number of ether oxygens (including phenoxy) is 1. The summed E-state index contributed by atoms with van der Waals surface area (Å²) in [5, 5.41) is 38.8. The summed E-state index contributed by atoms with van der Waals surface area (Å²) < 4.78 is 5.16. The molecule has 0 heterocycles. The van der Waals surface area contributed by atoms with E-state index in [1.54, 1.807) is 25.1 Å². The molecule has 0 amide bonds. The third-order valence-electron chi connectivity index (χ3n) is 3.96. The Hall–Kier alpha value is -3.41. The molecule has 0 aliphatic carbocycles. The lowest BCUT2D eigenvalue weighted by Crippen LogP contribution is -2.11. The lowest BCUT2D eigenvalue weighted by atomic mass is 10.0. The number of esters is 1. The van der Waals surface area contributed by atoms with Crippen molar-refractivity contribution in [3.8, 4) is 23.0 Å². The number of hydrogen-bond donors (Lipinski definition) is 4. The number of phenolic OH excluding ortho intramolecular Hbond substituents is 4. The molecular formula is C21H22O6. The summed E-state index contributed by atoms with van der Waals surface area (Å²) in [5.74, 6) is -1.66. The van der Waals surface area contributed by atoms with E-state index in [-0.39, 0.29) is 34.7 Å². The molecule has 142 valence electrons. The predicted molar refractivity (Wildman–Crippen MR) is 103 cm³/mol. The molecular weight excluding hydrogens is 348 g/mol. The molecule has 2 rings (SSSR count). The zero-order valence-electron chi connectivity index (χ0n) is 15.1. The van der Waals surface area contributed by atoms with Gasteiger partial charge < -0.3 is 25.2 Å². The van der Waals surface area contributed by atoms with Gasteiger partial charge in [0.1, 0.15) is 0 Å². The van der Waals surface area contributed by atoms with E-state index >= 15 is 0 Å². The zero-order valence-corrected chi connectivity index (χ0v) is 15.1. The maximum absolute atomic E-state index is 11.8. The molecule has 0 aliphatic rings. The Morgan fingerprint density at radius 3 is 2.37 bits per heavy atom. The van der Waals surface area contributed by atoms with Gasteiger partial charge in [-0.25, -0.2) is 4.79 Å². The van der Waals surface area contributed by atoms with Crippen LogP contribution in [0.5, 0.6) is 23.0 Å². The summed E-state index contributed by atoms with van der Waals surface area (Å²) in [4.78, 5) is 11.8. The van der Waals surface area contributed by atoms with Crippen LogP contribution in [0.4, 0.5) is 0 Å². The van der Waals surface area contributed by atoms with Crippen LogP contribution < -0.4 is 0 Å². The number of carbonyl (C=O) groups excluding carboxylic acids is 1. The molecule has 0 spiro atoms. The van der Waals surface area contributed by atoms with Crippen LogP contribution in [0.15, 0.2) is 36.4 Å². The SMILES string of the molecule is CCC(C)OC(=O)/C=C/c1ccc(O)c(O)c1/C=C/c1ccc(O)c(O)c1. The fourth-order valence-electron chi connectivity index (χ4n) is 2.24. The van der Waals surface area contributed by atoms with Crippen LogP contribution in [-0.4, -0.2) is 32.5 Å². The number of phenols is 4. The lowest BCUT2D eigenvalue weighted by Gasteiger charge is -2.09. The molecule has 0 fully saturated rings. The molecule has 0 saturated carbocycles. The van der Waals surface area contributed by atoms with Crippen molar-refractivity contribution in [1.82, 2.24) is 0 Å². The lowest BCUT2D eigenvalue weighted by molar-refractivity contribution is -0.142. The Bertz CT molecular complexity index is 882. The van der Waals surface area contributed by atoms with Gasteiger partial charge in [0.05, 0.1) is 6.10 Å². The third-order valence-corrected chi connectivity index (χ3v) is 3.96. The first kappa shape index (κ1) is 19.9. The monoisotopic (exact) mass is 370 g/mol. The maximum atomic E-state index is 11.8. The minimum atomic E-state index is -0.504. The summed E-state index contributed by atoms with van der Waals surface area (Å²) in [5.41, 5.74) is 1.35. The largest absolute Gasteiger partial charge is 0.504 e. The van der Waals surface area contributed by atoms with Crippen LogP contribution in [0.2, 0.25) is 0 Å². The van der Waals surface area contributed by atoms with Crippen molar-refractivity contribution < 1.29 is 30.0 Å². The van der Waals surface area contributed by atoms with Crippen molar-refractivity contribution in [2.75, 3.05) is 0 Å². The average molecular weight is 370 g/mol. The average Bonchev–Trinajstić information content (AvgIpc) is 2.64. The predicted octanol–water partition coefficient (Wildman–Crippen LogP) is 4.03. The fraction of sp³-hybridized carbons (Fsp3) is 0.190. The van der Waals surface area contributed by atoms with Gasteiger partial charge in [-0.3, -0.25) is 0 Å². The van der Waals surface area contributed by atoms with Crippen molar-refractivity contribution >= 4 is 24.2 Å².